The monoisotopic (exact) mass is 251 g/mol. The van der Waals surface area contributed by atoms with Crippen LogP contribution in [0, 0.1) is 11.7 Å². The van der Waals surface area contributed by atoms with Crippen LogP contribution in [0.2, 0.25) is 0 Å². The summed E-state index contributed by atoms with van der Waals surface area (Å²) in [5, 5.41) is 11.3. The van der Waals surface area contributed by atoms with E-state index in [2.05, 4.69) is 4.98 Å². The molecule has 17 heavy (non-hydrogen) atoms. The molecule has 1 unspecified atom stereocenters. The van der Waals surface area contributed by atoms with Gasteiger partial charge in [-0.15, -0.1) is 11.3 Å². The predicted octanol–water partition coefficient (Wildman–Crippen LogP) is 2.68. The maximum absolute atomic E-state index is 12.8. The van der Waals surface area contributed by atoms with Gasteiger partial charge in [-0.1, -0.05) is 12.1 Å². The second-order valence-electron chi connectivity index (χ2n) is 4.06. The van der Waals surface area contributed by atoms with Crippen LogP contribution >= 0.6 is 11.3 Å². The van der Waals surface area contributed by atoms with Crippen molar-refractivity contribution in [2.24, 2.45) is 5.92 Å². The quantitative estimate of drug-likeness (QED) is 0.886. The number of aliphatic hydroxyl groups excluding tert-OH is 1. The van der Waals surface area contributed by atoms with E-state index >= 15 is 0 Å². The zero-order valence-corrected chi connectivity index (χ0v) is 10.2. The van der Waals surface area contributed by atoms with E-state index in [-0.39, 0.29) is 18.3 Å². The van der Waals surface area contributed by atoms with E-state index in [1.165, 1.54) is 12.1 Å². The number of thiazole rings is 1. The summed E-state index contributed by atoms with van der Waals surface area (Å²) < 4.78 is 12.8. The molecule has 2 aromatic rings. The highest BCUT2D eigenvalue weighted by atomic mass is 32.1. The van der Waals surface area contributed by atoms with Crippen molar-refractivity contribution in [1.82, 2.24) is 4.98 Å². The van der Waals surface area contributed by atoms with Crippen molar-refractivity contribution in [3.8, 4) is 0 Å². The summed E-state index contributed by atoms with van der Waals surface area (Å²) in [4.78, 5) is 4.21. The highest BCUT2D eigenvalue weighted by molar-refractivity contribution is 7.07. The van der Waals surface area contributed by atoms with Gasteiger partial charge in [-0.2, -0.15) is 0 Å². The van der Waals surface area contributed by atoms with Crippen molar-refractivity contribution in [2.75, 3.05) is 6.61 Å². The Kier molecular flexibility index (Phi) is 4.23. The molecule has 1 aromatic carbocycles. The highest BCUT2D eigenvalue weighted by Crippen LogP contribution is 2.15. The maximum Gasteiger partial charge on any atom is 0.123 e. The third-order valence-electron chi connectivity index (χ3n) is 2.68. The van der Waals surface area contributed by atoms with Crippen molar-refractivity contribution >= 4 is 11.3 Å². The second-order valence-corrected chi connectivity index (χ2v) is 4.78. The van der Waals surface area contributed by atoms with E-state index < -0.39 is 0 Å². The van der Waals surface area contributed by atoms with Crippen molar-refractivity contribution < 1.29 is 9.50 Å². The van der Waals surface area contributed by atoms with E-state index in [1.54, 1.807) is 29.0 Å². The zero-order valence-electron chi connectivity index (χ0n) is 9.34. The molecule has 0 bridgehead atoms. The fraction of sp³-hybridized carbons (Fsp3) is 0.308. The molecule has 0 spiro atoms. The molecule has 4 heteroatoms. The summed E-state index contributed by atoms with van der Waals surface area (Å²) in [5.41, 5.74) is 3.85. The molecule has 1 heterocycles. The molecular weight excluding hydrogens is 237 g/mol. The van der Waals surface area contributed by atoms with Crippen LogP contribution < -0.4 is 0 Å². The lowest BCUT2D eigenvalue weighted by Gasteiger charge is -2.12. The fourth-order valence-electron chi connectivity index (χ4n) is 1.79. The molecule has 0 radical (unpaired) electrons. The summed E-state index contributed by atoms with van der Waals surface area (Å²) >= 11 is 1.56. The van der Waals surface area contributed by atoms with Crippen LogP contribution in [0.1, 0.15) is 11.3 Å². The van der Waals surface area contributed by atoms with Crippen molar-refractivity contribution in [3.63, 3.8) is 0 Å². The molecule has 0 aliphatic carbocycles. The molecule has 2 rings (SSSR count). The van der Waals surface area contributed by atoms with E-state index in [0.717, 1.165) is 24.1 Å². The predicted molar refractivity (Wildman–Crippen MR) is 66.5 cm³/mol. The molecule has 1 atom stereocenters. The molecule has 0 saturated carbocycles. The van der Waals surface area contributed by atoms with Gasteiger partial charge < -0.3 is 5.11 Å². The van der Waals surface area contributed by atoms with Gasteiger partial charge in [-0.3, -0.25) is 0 Å². The van der Waals surface area contributed by atoms with Crippen molar-refractivity contribution in [3.05, 3.63) is 52.2 Å². The number of nitrogens with zero attached hydrogens (tertiary/aromatic N) is 1. The molecule has 1 aromatic heterocycles. The molecule has 2 nitrogen and oxygen atoms in total. The first-order valence-electron chi connectivity index (χ1n) is 5.50. The van der Waals surface area contributed by atoms with Gasteiger partial charge in [0.15, 0.2) is 0 Å². The number of aromatic nitrogens is 1. The van der Waals surface area contributed by atoms with Crippen molar-refractivity contribution in [1.29, 1.82) is 0 Å². The Balaban J connectivity index is 1.97. The van der Waals surface area contributed by atoms with Gasteiger partial charge >= 0.3 is 0 Å². The lowest BCUT2D eigenvalue weighted by Crippen LogP contribution is -2.13. The lowest BCUT2D eigenvalue weighted by molar-refractivity contribution is 0.224. The minimum atomic E-state index is -0.228. The Morgan fingerprint density at radius 3 is 2.59 bits per heavy atom. The summed E-state index contributed by atoms with van der Waals surface area (Å²) in [6.45, 7) is 0.120. The third kappa shape index (κ3) is 3.61. The summed E-state index contributed by atoms with van der Waals surface area (Å²) in [6, 6.07) is 6.43. The number of benzene rings is 1. The molecule has 0 saturated heterocycles. The molecule has 90 valence electrons. The van der Waals surface area contributed by atoms with Gasteiger partial charge in [0, 0.05) is 12.0 Å². The first-order valence-corrected chi connectivity index (χ1v) is 6.44. The molecule has 0 aliphatic rings. The summed E-state index contributed by atoms with van der Waals surface area (Å²) in [5.74, 6) is -0.0867. The van der Waals surface area contributed by atoms with E-state index in [0.29, 0.717) is 0 Å². The maximum atomic E-state index is 12.8. The lowest BCUT2D eigenvalue weighted by atomic mass is 9.96. The summed E-state index contributed by atoms with van der Waals surface area (Å²) in [6.07, 6.45) is 1.51. The van der Waals surface area contributed by atoms with Gasteiger partial charge in [0.05, 0.1) is 11.2 Å². The molecular formula is C13H14FNOS. The number of hydrogen-bond acceptors (Lipinski definition) is 3. The second kappa shape index (κ2) is 5.89. The van der Waals surface area contributed by atoms with Crippen LogP contribution in [0.5, 0.6) is 0 Å². The number of rotatable bonds is 5. The Morgan fingerprint density at radius 2 is 2.00 bits per heavy atom. The van der Waals surface area contributed by atoms with Gasteiger partial charge in [0.1, 0.15) is 5.82 Å². The normalized spacial score (nSPS) is 12.6. The molecule has 1 N–H and O–H groups in total. The van der Waals surface area contributed by atoms with Crippen LogP contribution in [-0.2, 0) is 12.8 Å². The number of hydrogen-bond donors (Lipinski definition) is 1. The summed E-state index contributed by atoms with van der Waals surface area (Å²) in [7, 11) is 0. The number of halogens is 1. The Hall–Kier alpha value is -1.26. The largest absolute Gasteiger partial charge is 0.396 e. The number of aliphatic hydroxyl groups is 1. The van der Waals surface area contributed by atoms with E-state index in [9.17, 15) is 9.50 Å². The standard InChI is InChI=1S/C13H14FNOS/c14-12-3-1-10(2-4-12)5-11(7-16)6-13-8-17-9-15-13/h1-4,8-9,11,16H,5-7H2. The third-order valence-corrected chi connectivity index (χ3v) is 3.31. The Morgan fingerprint density at radius 1 is 1.24 bits per heavy atom. The van der Waals surface area contributed by atoms with Crippen LogP contribution in [0.3, 0.4) is 0 Å². The average molecular weight is 251 g/mol. The van der Waals surface area contributed by atoms with E-state index in [4.69, 9.17) is 0 Å². The minimum Gasteiger partial charge on any atom is -0.396 e. The van der Waals surface area contributed by atoms with Gasteiger partial charge in [-0.25, -0.2) is 9.37 Å². The van der Waals surface area contributed by atoms with Crippen LogP contribution in [-0.4, -0.2) is 16.7 Å². The van der Waals surface area contributed by atoms with Gasteiger partial charge in [0.25, 0.3) is 0 Å². The Bertz CT molecular complexity index is 441. The highest BCUT2D eigenvalue weighted by Gasteiger charge is 2.11. The zero-order chi connectivity index (χ0) is 12.1. The molecule has 0 aliphatic heterocycles. The first-order chi connectivity index (χ1) is 8.28. The van der Waals surface area contributed by atoms with Crippen molar-refractivity contribution in [2.45, 2.75) is 12.8 Å². The molecule has 0 amide bonds. The van der Waals surface area contributed by atoms with E-state index in [1.807, 2.05) is 5.38 Å². The van der Waals surface area contributed by atoms with Gasteiger partial charge in [-0.05, 0) is 36.5 Å². The van der Waals surface area contributed by atoms with Crippen LogP contribution in [0.4, 0.5) is 4.39 Å². The van der Waals surface area contributed by atoms with Gasteiger partial charge in [0.2, 0.25) is 0 Å². The fourth-order valence-corrected chi connectivity index (χ4v) is 2.36. The minimum absolute atomic E-state index is 0.120. The Labute approximate surface area is 104 Å². The van der Waals surface area contributed by atoms with Crippen LogP contribution in [0.15, 0.2) is 35.2 Å². The van der Waals surface area contributed by atoms with Crippen LogP contribution in [0.25, 0.3) is 0 Å². The SMILES string of the molecule is OCC(Cc1ccc(F)cc1)Cc1cscn1. The molecule has 0 fully saturated rings. The topological polar surface area (TPSA) is 33.1 Å². The smallest absolute Gasteiger partial charge is 0.123 e. The average Bonchev–Trinajstić information content (AvgIpc) is 2.84. The first kappa shape index (κ1) is 12.2.